The SMILES string of the molecule is Cc1cc(N2CCCCC2CC(=O)NCC2Cc3ccccc3O2)nc(-n2ccnc2)n1. The van der Waals surface area contributed by atoms with Crippen molar-refractivity contribution in [2.24, 2.45) is 0 Å². The Kier molecular flexibility index (Phi) is 5.75. The van der Waals surface area contributed by atoms with Crippen molar-refractivity contribution in [1.29, 1.82) is 0 Å². The number of nitrogens with zero attached hydrogens (tertiary/aromatic N) is 5. The molecule has 1 saturated heterocycles. The third-order valence-corrected chi connectivity index (χ3v) is 6.15. The van der Waals surface area contributed by atoms with Crippen LogP contribution in [-0.4, -0.2) is 50.7 Å². The van der Waals surface area contributed by atoms with Gasteiger partial charge in [-0.15, -0.1) is 0 Å². The maximum absolute atomic E-state index is 12.8. The van der Waals surface area contributed by atoms with E-state index < -0.39 is 0 Å². The lowest BCUT2D eigenvalue weighted by molar-refractivity contribution is -0.121. The Morgan fingerprint density at radius 1 is 1.25 bits per heavy atom. The van der Waals surface area contributed by atoms with Crippen LogP contribution in [0.2, 0.25) is 0 Å². The molecule has 1 fully saturated rings. The van der Waals surface area contributed by atoms with Crippen molar-refractivity contribution in [3.63, 3.8) is 0 Å². The molecule has 1 amide bonds. The number of hydrogen-bond donors (Lipinski definition) is 1. The number of aryl methyl sites for hydroxylation is 1. The lowest BCUT2D eigenvalue weighted by atomic mass is 9.99. The maximum Gasteiger partial charge on any atom is 0.237 e. The average molecular weight is 433 g/mol. The smallest absolute Gasteiger partial charge is 0.237 e. The topological polar surface area (TPSA) is 85.2 Å². The van der Waals surface area contributed by atoms with Gasteiger partial charge in [0.25, 0.3) is 0 Å². The van der Waals surface area contributed by atoms with Crippen LogP contribution in [0.1, 0.15) is 36.9 Å². The predicted octanol–water partition coefficient (Wildman–Crippen LogP) is 2.84. The molecule has 0 spiro atoms. The zero-order valence-electron chi connectivity index (χ0n) is 18.3. The number of anilines is 1. The first-order valence-electron chi connectivity index (χ1n) is 11.3. The Bertz CT molecular complexity index is 1060. The van der Waals surface area contributed by atoms with Gasteiger partial charge in [-0.1, -0.05) is 18.2 Å². The van der Waals surface area contributed by atoms with Crippen LogP contribution in [0.25, 0.3) is 5.95 Å². The van der Waals surface area contributed by atoms with Crippen LogP contribution in [0.5, 0.6) is 5.75 Å². The summed E-state index contributed by atoms with van der Waals surface area (Å²) in [4.78, 5) is 28.5. The molecule has 2 aliphatic heterocycles. The van der Waals surface area contributed by atoms with Gasteiger partial charge in [-0.2, -0.15) is 4.98 Å². The second-order valence-electron chi connectivity index (χ2n) is 8.54. The number of hydrogen-bond acceptors (Lipinski definition) is 6. The standard InChI is InChI=1S/C24H28N6O2/c1-17-12-22(28-24(27-17)29-11-9-25-16-29)30-10-5-4-7-19(30)14-23(31)26-15-20-13-18-6-2-3-8-21(18)32-20/h2-3,6,8-9,11-12,16,19-20H,4-5,7,10,13-15H2,1H3,(H,26,31). The Hall–Kier alpha value is -3.42. The minimum atomic E-state index is 0.000983. The zero-order chi connectivity index (χ0) is 21.9. The first kappa shape index (κ1) is 20.5. The number of aromatic nitrogens is 4. The van der Waals surface area contributed by atoms with Gasteiger partial charge >= 0.3 is 0 Å². The molecule has 0 radical (unpaired) electrons. The van der Waals surface area contributed by atoms with Crippen LogP contribution < -0.4 is 15.0 Å². The van der Waals surface area contributed by atoms with Crippen LogP contribution in [0.3, 0.4) is 0 Å². The fourth-order valence-electron chi connectivity index (χ4n) is 4.57. The van der Waals surface area contributed by atoms with E-state index in [1.807, 2.05) is 42.0 Å². The highest BCUT2D eigenvalue weighted by atomic mass is 16.5. The lowest BCUT2D eigenvalue weighted by Crippen LogP contribution is -2.44. The van der Waals surface area contributed by atoms with Gasteiger partial charge < -0.3 is 15.0 Å². The summed E-state index contributed by atoms with van der Waals surface area (Å²) in [6.45, 7) is 3.38. The van der Waals surface area contributed by atoms with E-state index >= 15 is 0 Å². The molecule has 0 aliphatic carbocycles. The van der Waals surface area contributed by atoms with Crippen molar-refractivity contribution in [2.75, 3.05) is 18.0 Å². The fourth-order valence-corrected chi connectivity index (χ4v) is 4.57. The van der Waals surface area contributed by atoms with Crippen LogP contribution in [-0.2, 0) is 11.2 Å². The van der Waals surface area contributed by atoms with E-state index in [1.165, 1.54) is 5.56 Å². The zero-order valence-corrected chi connectivity index (χ0v) is 18.3. The number of benzene rings is 1. The van der Waals surface area contributed by atoms with Gasteiger partial charge in [-0.05, 0) is 37.8 Å². The monoisotopic (exact) mass is 432 g/mol. The molecule has 2 atom stereocenters. The third kappa shape index (κ3) is 4.44. The highest BCUT2D eigenvalue weighted by Crippen LogP contribution is 2.28. The van der Waals surface area contributed by atoms with Gasteiger partial charge in [0.1, 0.15) is 24.0 Å². The summed E-state index contributed by atoms with van der Waals surface area (Å²) in [6.07, 6.45) is 9.72. The predicted molar refractivity (Wildman–Crippen MR) is 121 cm³/mol. The van der Waals surface area contributed by atoms with Crippen molar-refractivity contribution in [1.82, 2.24) is 24.8 Å². The molecular formula is C24H28N6O2. The Morgan fingerprint density at radius 3 is 3.00 bits per heavy atom. The van der Waals surface area contributed by atoms with E-state index in [1.54, 1.807) is 12.5 Å². The minimum absolute atomic E-state index is 0.000983. The molecule has 5 rings (SSSR count). The Labute approximate surface area is 187 Å². The van der Waals surface area contributed by atoms with E-state index in [4.69, 9.17) is 9.72 Å². The molecule has 1 aromatic carbocycles. The summed E-state index contributed by atoms with van der Waals surface area (Å²) < 4.78 is 7.76. The van der Waals surface area contributed by atoms with E-state index in [2.05, 4.69) is 26.3 Å². The molecule has 3 aromatic rings. The van der Waals surface area contributed by atoms with Gasteiger partial charge in [0.15, 0.2) is 0 Å². The molecule has 0 bridgehead atoms. The van der Waals surface area contributed by atoms with Gasteiger partial charge in [0, 0.05) is 49.6 Å². The van der Waals surface area contributed by atoms with Crippen molar-refractivity contribution >= 4 is 11.7 Å². The molecule has 2 aromatic heterocycles. The summed E-state index contributed by atoms with van der Waals surface area (Å²) in [7, 11) is 0. The minimum Gasteiger partial charge on any atom is -0.488 e. The molecule has 1 N–H and O–H groups in total. The highest BCUT2D eigenvalue weighted by molar-refractivity contribution is 5.77. The number of amides is 1. The Morgan fingerprint density at radius 2 is 2.16 bits per heavy atom. The first-order valence-corrected chi connectivity index (χ1v) is 11.3. The number of piperidine rings is 1. The van der Waals surface area contributed by atoms with Crippen LogP contribution in [0.4, 0.5) is 5.82 Å². The fraction of sp³-hybridized carbons (Fsp3) is 0.417. The van der Waals surface area contributed by atoms with Gasteiger partial charge in [-0.3, -0.25) is 9.36 Å². The summed E-state index contributed by atoms with van der Waals surface area (Å²) in [5.41, 5.74) is 2.10. The van der Waals surface area contributed by atoms with Crippen molar-refractivity contribution in [3.05, 3.63) is 60.3 Å². The quantitative estimate of drug-likeness (QED) is 0.645. The van der Waals surface area contributed by atoms with E-state index in [-0.39, 0.29) is 18.1 Å². The number of carbonyl (C=O) groups excluding carboxylic acids is 1. The molecule has 32 heavy (non-hydrogen) atoms. The Balaban J connectivity index is 1.23. The van der Waals surface area contributed by atoms with E-state index in [9.17, 15) is 4.79 Å². The number of rotatable bonds is 6. The lowest BCUT2D eigenvalue weighted by Gasteiger charge is -2.36. The highest BCUT2D eigenvalue weighted by Gasteiger charge is 2.28. The molecule has 0 saturated carbocycles. The van der Waals surface area contributed by atoms with Gasteiger partial charge in [0.05, 0.1) is 6.54 Å². The molecule has 4 heterocycles. The second kappa shape index (κ2) is 8.98. The van der Waals surface area contributed by atoms with Gasteiger partial charge in [0.2, 0.25) is 11.9 Å². The first-order chi connectivity index (χ1) is 15.7. The summed E-state index contributed by atoms with van der Waals surface area (Å²) in [6, 6.07) is 10.2. The molecule has 8 nitrogen and oxygen atoms in total. The van der Waals surface area contributed by atoms with E-state index in [0.29, 0.717) is 18.9 Å². The van der Waals surface area contributed by atoms with Crippen molar-refractivity contribution in [2.45, 2.75) is 51.2 Å². The summed E-state index contributed by atoms with van der Waals surface area (Å²) >= 11 is 0. The van der Waals surface area contributed by atoms with Crippen molar-refractivity contribution < 1.29 is 9.53 Å². The number of nitrogens with one attached hydrogen (secondary N) is 1. The van der Waals surface area contributed by atoms with E-state index in [0.717, 1.165) is 49.5 Å². The van der Waals surface area contributed by atoms with Crippen LogP contribution in [0, 0.1) is 6.92 Å². The number of para-hydroxylation sites is 1. The largest absolute Gasteiger partial charge is 0.488 e. The van der Waals surface area contributed by atoms with Crippen LogP contribution >= 0.6 is 0 Å². The number of ether oxygens (including phenoxy) is 1. The average Bonchev–Trinajstić information content (AvgIpc) is 3.47. The third-order valence-electron chi connectivity index (χ3n) is 6.15. The molecule has 166 valence electrons. The molecule has 2 aliphatic rings. The van der Waals surface area contributed by atoms with Gasteiger partial charge in [-0.25, -0.2) is 9.97 Å². The normalized spacial score (nSPS) is 20.0. The maximum atomic E-state index is 12.8. The second-order valence-corrected chi connectivity index (χ2v) is 8.54. The summed E-state index contributed by atoms with van der Waals surface area (Å²) in [5.74, 6) is 2.46. The van der Waals surface area contributed by atoms with Crippen LogP contribution in [0.15, 0.2) is 49.1 Å². The number of fused-ring (bicyclic) bond motifs is 1. The number of imidazole rings is 1. The van der Waals surface area contributed by atoms with Crippen molar-refractivity contribution in [3.8, 4) is 11.7 Å². The molecular weight excluding hydrogens is 404 g/mol. The molecule has 2 unspecified atom stereocenters. The molecule has 8 heteroatoms. The number of carbonyl (C=O) groups is 1. The summed E-state index contributed by atoms with van der Waals surface area (Å²) in [5, 5.41) is 3.09.